The first kappa shape index (κ1) is 11.8. The largest absolute Gasteiger partial charge is 0.507 e. The minimum atomic E-state index is 0.249. The monoisotopic (exact) mass is 252 g/mol. The topological polar surface area (TPSA) is 48.9 Å². The minimum absolute atomic E-state index is 0.249. The lowest BCUT2D eigenvalue weighted by Crippen LogP contribution is -1.83. The van der Waals surface area contributed by atoms with E-state index in [0.717, 1.165) is 27.7 Å². The molecule has 3 heteroatoms. The number of benzene rings is 2. The first-order chi connectivity index (χ1) is 9.04. The van der Waals surface area contributed by atoms with Crippen LogP contribution in [-0.2, 0) is 0 Å². The van der Waals surface area contributed by atoms with E-state index in [4.69, 9.17) is 0 Å². The van der Waals surface area contributed by atoms with Crippen LogP contribution in [0.1, 0.15) is 16.7 Å². The average molecular weight is 252 g/mol. The highest BCUT2D eigenvalue weighted by Gasteiger charge is 2.11. The van der Waals surface area contributed by atoms with E-state index in [1.54, 1.807) is 6.07 Å². The first-order valence-electron chi connectivity index (χ1n) is 6.31. The number of aromatic hydroxyl groups is 1. The van der Waals surface area contributed by atoms with E-state index in [2.05, 4.69) is 35.9 Å². The normalized spacial score (nSPS) is 11.1. The molecule has 0 aliphatic heterocycles. The summed E-state index contributed by atoms with van der Waals surface area (Å²) in [7, 11) is 0. The fourth-order valence-corrected chi connectivity index (χ4v) is 2.44. The number of aromatic amines is 1. The molecule has 0 saturated heterocycles. The number of nitrogens with one attached hydrogen (secondary N) is 1. The molecule has 0 fully saturated rings. The van der Waals surface area contributed by atoms with Crippen LogP contribution in [0.4, 0.5) is 0 Å². The Bertz CT molecular complexity index is 772. The van der Waals surface area contributed by atoms with Crippen LogP contribution >= 0.6 is 0 Å². The molecule has 0 saturated carbocycles. The molecule has 1 heterocycles. The summed E-state index contributed by atoms with van der Waals surface area (Å²) >= 11 is 0. The van der Waals surface area contributed by atoms with Gasteiger partial charge in [0.2, 0.25) is 0 Å². The SMILES string of the molecule is Cc1ccc(O)c(-c2nc3c(C)cc(C)cc3[nH]2)c1. The van der Waals surface area contributed by atoms with E-state index in [1.807, 2.05) is 19.1 Å². The number of rotatable bonds is 1. The van der Waals surface area contributed by atoms with Gasteiger partial charge in [-0.1, -0.05) is 17.7 Å². The van der Waals surface area contributed by atoms with Crippen molar-refractivity contribution in [2.24, 2.45) is 0 Å². The number of phenols is 1. The van der Waals surface area contributed by atoms with Crippen molar-refractivity contribution in [2.45, 2.75) is 20.8 Å². The summed E-state index contributed by atoms with van der Waals surface area (Å²) in [6, 6.07) is 9.72. The zero-order chi connectivity index (χ0) is 13.6. The van der Waals surface area contributed by atoms with Crippen molar-refractivity contribution in [3.05, 3.63) is 47.0 Å². The van der Waals surface area contributed by atoms with Crippen LogP contribution in [0.3, 0.4) is 0 Å². The smallest absolute Gasteiger partial charge is 0.142 e. The van der Waals surface area contributed by atoms with Crippen molar-refractivity contribution < 1.29 is 5.11 Å². The van der Waals surface area contributed by atoms with Crippen LogP contribution in [0.25, 0.3) is 22.4 Å². The van der Waals surface area contributed by atoms with Gasteiger partial charge in [-0.3, -0.25) is 0 Å². The number of hydrogen-bond donors (Lipinski definition) is 2. The van der Waals surface area contributed by atoms with E-state index in [-0.39, 0.29) is 5.75 Å². The fourth-order valence-electron chi connectivity index (χ4n) is 2.44. The number of H-pyrrole nitrogens is 1. The summed E-state index contributed by atoms with van der Waals surface area (Å²) in [6.07, 6.45) is 0. The molecular weight excluding hydrogens is 236 g/mol. The Balaban J connectivity index is 2.26. The van der Waals surface area contributed by atoms with Gasteiger partial charge in [0.25, 0.3) is 0 Å². The van der Waals surface area contributed by atoms with Crippen LogP contribution in [-0.4, -0.2) is 15.1 Å². The van der Waals surface area contributed by atoms with Crippen molar-refractivity contribution in [1.29, 1.82) is 0 Å². The van der Waals surface area contributed by atoms with E-state index >= 15 is 0 Å². The molecular formula is C16H16N2O. The highest BCUT2D eigenvalue weighted by molar-refractivity contribution is 5.84. The molecule has 0 aliphatic rings. The lowest BCUT2D eigenvalue weighted by molar-refractivity contribution is 0.477. The lowest BCUT2D eigenvalue weighted by Gasteiger charge is -2.02. The van der Waals surface area contributed by atoms with E-state index in [1.165, 1.54) is 5.56 Å². The maximum atomic E-state index is 9.98. The molecule has 3 rings (SSSR count). The Kier molecular flexibility index (Phi) is 2.56. The zero-order valence-corrected chi connectivity index (χ0v) is 11.3. The molecule has 0 unspecified atom stereocenters. The number of fused-ring (bicyclic) bond motifs is 1. The van der Waals surface area contributed by atoms with Crippen LogP contribution in [0.5, 0.6) is 5.75 Å². The first-order valence-corrected chi connectivity index (χ1v) is 6.31. The Hall–Kier alpha value is -2.29. The Labute approximate surface area is 111 Å². The Morgan fingerprint density at radius 1 is 1.00 bits per heavy atom. The number of imidazole rings is 1. The molecule has 0 bridgehead atoms. The third kappa shape index (κ3) is 1.97. The summed E-state index contributed by atoms with van der Waals surface area (Å²) in [5, 5.41) is 9.98. The molecule has 0 aliphatic carbocycles. The quantitative estimate of drug-likeness (QED) is 0.691. The van der Waals surface area contributed by atoms with Gasteiger partial charge in [0.15, 0.2) is 0 Å². The van der Waals surface area contributed by atoms with Gasteiger partial charge in [0, 0.05) is 0 Å². The molecule has 1 aromatic heterocycles. The van der Waals surface area contributed by atoms with Crippen molar-refractivity contribution in [1.82, 2.24) is 9.97 Å². The molecule has 96 valence electrons. The van der Waals surface area contributed by atoms with Crippen molar-refractivity contribution in [2.75, 3.05) is 0 Å². The fraction of sp³-hybridized carbons (Fsp3) is 0.188. The van der Waals surface area contributed by atoms with Gasteiger partial charge in [0.05, 0.1) is 16.6 Å². The molecule has 2 aromatic carbocycles. The predicted molar refractivity (Wildman–Crippen MR) is 77.4 cm³/mol. The van der Waals surface area contributed by atoms with Crippen LogP contribution in [0.2, 0.25) is 0 Å². The lowest BCUT2D eigenvalue weighted by atomic mass is 10.1. The van der Waals surface area contributed by atoms with Crippen molar-refractivity contribution >= 4 is 11.0 Å². The van der Waals surface area contributed by atoms with Gasteiger partial charge in [-0.15, -0.1) is 0 Å². The van der Waals surface area contributed by atoms with E-state index < -0.39 is 0 Å². The molecule has 2 N–H and O–H groups in total. The van der Waals surface area contributed by atoms with Crippen molar-refractivity contribution in [3.63, 3.8) is 0 Å². The van der Waals surface area contributed by atoms with Gasteiger partial charge in [-0.05, 0) is 50.1 Å². The Morgan fingerprint density at radius 2 is 1.79 bits per heavy atom. The molecule has 19 heavy (non-hydrogen) atoms. The van der Waals surface area contributed by atoms with Gasteiger partial charge in [0.1, 0.15) is 11.6 Å². The number of aromatic nitrogens is 2. The van der Waals surface area contributed by atoms with Crippen LogP contribution in [0.15, 0.2) is 30.3 Å². The second kappa shape index (κ2) is 4.12. The number of nitrogens with zero attached hydrogens (tertiary/aromatic N) is 1. The maximum absolute atomic E-state index is 9.98. The van der Waals surface area contributed by atoms with Gasteiger partial charge >= 0.3 is 0 Å². The number of phenolic OH excluding ortho intramolecular Hbond substituents is 1. The summed E-state index contributed by atoms with van der Waals surface area (Å²) in [6.45, 7) is 6.12. The summed E-state index contributed by atoms with van der Waals surface area (Å²) < 4.78 is 0. The molecule has 3 aromatic rings. The second-order valence-electron chi connectivity index (χ2n) is 5.08. The third-order valence-corrected chi connectivity index (χ3v) is 3.33. The average Bonchev–Trinajstić information content (AvgIpc) is 2.76. The standard InChI is InChI=1S/C16H16N2O/c1-9-4-5-14(19)12(7-9)16-17-13-8-10(2)6-11(3)15(13)18-16/h4-8,19H,1-3H3,(H,17,18). The van der Waals surface area contributed by atoms with Gasteiger partial charge in [-0.2, -0.15) is 0 Å². The van der Waals surface area contributed by atoms with Gasteiger partial charge in [-0.25, -0.2) is 4.98 Å². The number of hydrogen-bond acceptors (Lipinski definition) is 2. The molecule has 0 radical (unpaired) electrons. The zero-order valence-electron chi connectivity index (χ0n) is 11.3. The van der Waals surface area contributed by atoms with Crippen LogP contribution < -0.4 is 0 Å². The molecule has 0 amide bonds. The Morgan fingerprint density at radius 3 is 2.58 bits per heavy atom. The molecule has 0 atom stereocenters. The molecule has 0 spiro atoms. The van der Waals surface area contributed by atoms with E-state index in [9.17, 15) is 5.11 Å². The third-order valence-electron chi connectivity index (χ3n) is 3.33. The van der Waals surface area contributed by atoms with E-state index in [0.29, 0.717) is 5.82 Å². The highest BCUT2D eigenvalue weighted by atomic mass is 16.3. The maximum Gasteiger partial charge on any atom is 0.142 e. The molecule has 3 nitrogen and oxygen atoms in total. The van der Waals surface area contributed by atoms with Crippen molar-refractivity contribution in [3.8, 4) is 17.1 Å². The minimum Gasteiger partial charge on any atom is -0.507 e. The summed E-state index contributed by atoms with van der Waals surface area (Å²) in [5.74, 6) is 0.962. The highest BCUT2D eigenvalue weighted by Crippen LogP contribution is 2.30. The summed E-state index contributed by atoms with van der Waals surface area (Å²) in [4.78, 5) is 7.90. The predicted octanol–water partition coefficient (Wildman–Crippen LogP) is 3.86. The van der Waals surface area contributed by atoms with Crippen LogP contribution in [0, 0.1) is 20.8 Å². The number of aryl methyl sites for hydroxylation is 3. The second-order valence-corrected chi connectivity index (χ2v) is 5.08. The van der Waals surface area contributed by atoms with Gasteiger partial charge < -0.3 is 10.1 Å². The summed E-state index contributed by atoms with van der Waals surface area (Å²) in [5.41, 5.74) is 6.16.